The fraction of sp³-hybridized carbons (Fsp3) is 0. The SMILES string of the molecule is OB(O)c1ccc2c(c1)c1cccc3c4ccccc4n2c31. The summed E-state index contributed by atoms with van der Waals surface area (Å²) in [6.07, 6.45) is 0. The topological polar surface area (TPSA) is 44.9 Å². The summed E-state index contributed by atoms with van der Waals surface area (Å²) < 4.78 is 2.27. The lowest BCUT2D eigenvalue weighted by Crippen LogP contribution is -2.29. The summed E-state index contributed by atoms with van der Waals surface area (Å²) in [5.74, 6) is 0. The Bertz CT molecular complexity index is 1160. The van der Waals surface area contributed by atoms with Crippen LogP contribution in [0.3, 0.4) is 0 Å². The maximum absolute atomic E-state index is 9.44. The summed E-state index contributed by atoms with van der Waals surface area (Å²) in [5, 5.41) is 23.6. The first-order valence-corrected chi connectivity index (χ1v) is 7.29. The predicted molar refractivity (Wildman–Crippen MR) is 90.9 cm³/mol. The summed E-state index contributed by atoms with van der Waals surface area (Å²) >= 11 is 0. The normalized spacial score (nSPS) is 12.1. The van der Waals surface area contributed by atoms with Gasteiger partial charge in [-0.1, -0.05) is 48.5 Å². The minimum Gasteiger partial charge on any atom is -0.423 e. The molecule has 0 atom stereocenters. The van der Waals surface area contributed by atoms with Gasteiger partial charge in [-0.2, -0.15) is 0 Å². The Morgan fingerprint density at radius 3 is 2.18 bits per heavy atom. The van der Waals surface area contributed by atoms with E-state index in [1.165, 1.54) is 21.8 Å². The summed E-state index contributed by atoms with van der Waals surface area (Å²) in [4.78, 5) is 0. The third kappa shape index (κ3) is 1.34. The molecule has 104 valence electrons. The molecule has 0 saturated heterocycles. The van der Waals surface area contributed by atoms with E-state index in [9.17, 15) is 10.0 Å². The van der Waals surface area contributed by atoms with Crippen molar-refractivity contribution in [3.05, 3.63) is 60.7 Å². The van der Waals surface area contributed by atoms with Gasteiger partial charge in [-0.3, -0.25) is 0 Å². The largest absolute Gasteiger partial charge is 0.488 e. The lowest BCUT2D eigenvalue weighted by molar-refractivity contribution is 0.426. The first kappa shape index (κ1) is 12.0. The molecule has 22 heavy (non-hydrogen) atoms. The number of benzene rings is 3. The third-order valence-electron chi connectivity index (χ3n) is 4.54. The molecule has 4 heteroatoms. The molecule has 0 saturated carbocycles. The molecule has 2 N–H and O–H groups in total. The van der Waals surface area contributed by atoms with Crippen molar-refractivity contribution in [1.29, 1.82) is 0 Å². The molecule has 3 nitrogen and oxygen atoms in total. The van der Waals surface area contributed by atoms with Crippen LogP contribution in [0.4, 0.5) is 0 Å². The van der Waals surface area contributed by atoms with Crippen molar-refractivity contribution in [2.45, 2.75) is 0 Å². The smallest absolute Gasteiger partial charge is 0.423 e. The highest BCUT2D eigenvalue weighted by atomic mass is 16.4. The van der Waals surface area contributed by atoms with Crippen LogP contribution in [0, 0.1) is 0 Å². The molecule has 2 heterocycles. The Hall–Kier alpha value is -2.56. The van der Waals surface area contributed by atoms with E-state index >= 15 is 0 Å². The van der Waals surface area contributed by atoms with E-state index in [4.69, 9.17) is 0 Å². The van der Waals surface area contributed by atoms with Crippen molar-refractivity contribution in [2.24, 2.45) is 0 Å². The van der Waals surface area contributed by atoms with Gasteiger partial charge >= 0.3 is 7.12 Å². The molecule has 0 unspecified atom stereocenters. The van der Waals surface area contributed by atoms with Crippen molar-refractivity contribution in [2.75, 3.05) is 0 Å². The van der Waals surface area contributed by atoms with Crippen molar-refractivity contribution in [3.63, 3.8) is 0 Å². The van der Waals surface area contributed by atoms with Gasteiger partial charge in [-0.25, -0.2) is 0 Å². The number of rotatable bonds is 1. The third-order valence-corrected chi connectivity index (χ3v) is 4.54. The van der Waals surface area contributed by atoms with Crippen LogP contribution in [0.2, 0.25) is 0 Å². The standard InChI is InChI=1S/C18H12BNO2/c21-19(22)11-8-9-17-15(10-11)14-6-3-5-13-12-4-1-2-7-16(12)20(17)18(13)14/h1-10,21-22H. The Balaban J connectivity index is 2.12. The number of fused-ring (bicyclic) bond motifs is 6. The van der Waals surface area contributed by atoms with Crippen LogP contribution in [-0.2, 0) is 0 Å². The van der Waals surface area contributed by atoms with Crippen molar-refractivity contribution < 1.29 is 10.0 Å². The number of nitrogens with zero attached hydrogens (tertiary/aromatic N) is 1. The molecule has 0 spiro atoms. The van der Waals surface area contributed by atoms with Gasteiger partial charge in [0.1, 0.15) is 0 Å². The molecular weight excluding hydrogens is 273 g/mol. The summed E-state index contributed by atoms with van der Waals surface area (Å²) in [5.41, 5.74) is 3.99. The van der Waals surface area contributed by atoms with Gasteiger partial charge in [0.05, 0.1) is 16.6 Å². The fourth-order valence-corrected chi connectivity index (χ4v) is 3.61. The molecular formula is C18H12BNO2. The van der Waals surface area contributed by atoms with E-state index in [-0.39, 0.29) is 0 Å². The second-order valence-electron chi connectivity index (χ2n) is 5.70. The molecule has 2 aromatic heterocycles. The minimum atomic E-state index is -1.44. The highest BCUT2D eigenvalue weighted by Gasteiger charge is 2.18. The van der Waals surface area contributed by atoms with E-state index in [1.807, 2.05) is 18.2 Å². The minimum absolute atomic E-state index is 0.519. The summed E-state index contributed by atoms with van der Waals surface area (Å²) in [6.45, 7) is 0. The quantitative estimate of drug-likeness (QED) is 0.465. The number of hydrogen-bond acceptors (Lipinski definition) is 2. The molecule has 5 rings (SSSR count). The highest BCUT2D eigenvalue weighted by Crippen LogP contribution is 2.38. The Morgan fingerprint density at radius 2 is 1.36 bits per heavy atom. The highest BCUT2D eigenvalue weighted by molar-refractivity contribution is 6.59. The maximum Gasteiger partial charge on any atom is 0.488 e. The molecule has 0 aliphatic rings. The van der Waals surface area contributed by atoms with Crippen LogP contribution in [0.15, 0.2) is 60.7 Å². The van der Waals surface area contributed by atoms with Gasteiger partial charge in [0, 0.05) is 21.5 Å². The van der Waals surface area contributed by atoms with Gasteiger partial charge in [-0.05, 0) is 17.6 Å². The van der Waals surface area contributed by atoms with Crippen LogP contribution in [0.1, 0.15) is 0 Å². The zero-order valence-electron chi connectivity index (χ0n) is 11.7. The van der Waals surface area contributed by atoms with E-state index in [1.54, 1.807) is 6.07 Å². The zero-order chi connectivity index (χ0) is 14.8. The van der Waals surface area contributed by atoms with Crippen molar-refractivity contribution >= 4 is 50.7 Å². The number of aromatic nitrogens is 1. The molecule has 0 aliphatic heterocycles. The molecule has 0 fully saturated rings. The van der Waals surface area contributed by atoms with Gasteiger partial charge in [0.2, 0.25) is 0 Å². The average molecular weight is 285 g/mol. The second-order valence-corrected chi connectivity index (χ2v) is 5.70. The predicted octanol–water partition coefficient (Wildman–Crippen LogP) is 2.52. The lowest BCUT2D eigenvalue weighted by atomic mass is 9.80. The zero-order valence-corrected chi connectivity index (χ0v) is 11.7. The van der Waals surface area contributed by atoms with Gasteiger partial charge < -0.3 is 14.4 Å². The molecule has 3 aromatic carbocycles. The summed E-state index contributed by atoms with van der Waals surface area (Å²) in [7, 11) is -1.44. The van der Waals surface area contributed by atoms with E-state index in [0.29, 0.717) is 5.46 Å². The Kier molecular flexibility index (Phi) is 2.19. The molecule has 0 aliphatic carbocycles. The monoisotopic (exact) mass is 285 g/mol. The van der Waals surface area contributed by atoms with E-state index in [0.717, 1.165) is 16.3 Å². The maximum atomic E-state index is 9.44. The van der Waals surface area contributed by atoms with Gasteiger partial charge in [-0.15, -0.1) is 0 Å². The first-order chi connectivity index (χ1) is 10.8. The second kappa shape index (κ2) is 4.00. The fourth-order valence-electron chi connectivity index (χ4n) is 3.61. The molecule has 0 amide bonds. The van der Waals surface area contributed by atoms with Gasteiger partial charge in [0.15, 0.2) is 0 Å². The number of para-hydroxylation sites is 2. The van der Waals surface area contributed by atoms with Crippen molar-refractivity contribution in [1.82, 2.24) is 4.40 Å². The lowest BCUT2D eigenvalue weighted by Gasteiger charge is -2.01. The number of hydrogen-bond donors (Lipinski definition) is 2. The first-order valence-electron chi connectivity index (χ1n) is 7.29. The average Bonchev–Trinajstić information content (AvgIpc) is 3.06. The van der Waals surface area contributed by atoms with Crippen LogP contribution >= 0.6 is 0 Å². The molecule has 0 bridgehead atoms. The summed E-state index contributed by atoms with van der Waals surface area (Å²) in [6, 6.07) is 20.3. The van der Waals surface area contributed by atoms with Gasteiger partial charge in [0.25, 0.3) is 0 Å². The Labute approximate surface area is 126 Å². The molecule has 0 radical (unpaired) electrons. The van der Waals surface area contributed by atoms with E-state index in [2.05, 4.69) is 40.8 Å². The van der Waals surface area contributed by atoms with Crippen LogP contribution in [0.5, 0.6) is 0 Å². The van der Waals surface area contributed by atoms with Crippen LogP contribution in [0.25, 0.3) is 38.1 Å². The molecule has 5 aromatic rings. The van der Waals surface area contributed by atoms with Crippen molar-refractivity contribution in [3.8, 4) is 0 Å². The van der Waals surface area contributed by atoms with Crippen LogP contribution < -0.4 is 5.46 Å². The van der Waals surface area contributed by atoms with E-state index < -0.39 is 7.12 Å². The van der Waals surface area contributed by atoms with Crippen LogP contribution in [-0.4, -0.2) is 21.6 Å². The Morgan fingerprint density at radius 1 is 0.682 bits per heavy atom.